The lowest BCUT2D eigenvalue weighted by Crippen LogP contribution is -2.48. The number of thiophene rings is 1. The second-order valence-electron chi connectivity index (χ2n) is 10.6. The maximum absolute atomic E-state index is 14.2. The van der Waals surface area contributed by atoms with Gasteiger partial charge < -0.3 is 9.64 Å². The van der Waals surface area contributed by atoms with E-state index in [1.165, 1.54) is 7.11 Å². The fourth-order valence-electron chi connectivity index (χ4n) is 5.90. The van der Waals surface area contributed by atoms with E-state index in [0.29, 0.717) is 19.3 Å². The number of rotatable bonds is 10. The molecule has 0 N–H and O–H groups in total. The SMILES string of the molecule is CCCCCC(C(=O)OC)N1C(=O)CCc2ccc(CCN3CCN(c4cc(F)cc5sccc45)CC3)cc21. The van der Waals surface area contributed by atoms with Crippen molar-refractivity contribution in [2.24, 2.45) is 0 Å². The van der Waals surface area contributed by atoms with Crippen LogP contribution in [0, 0.1) is 5.82 Å². The third-order valence-electron chi connectivity index (χ3n) is 8.10. The van der Waals surface area contributed by atoms with E-state index in [9.17, 15) is 14.0 Å². The lowest BCUT2D eigenvalue weighted by molar-refractivity contribution is -0.143. The summed E-state index contributed by atoms with van der Waals surface area (Å²) in [5, 5.41) is 3.15. The normalized spacial score (nSPS) is 16.9. The summed E-state index contributed by atoms with van der Waals surface area (Å²) in [6.45, 7) is 6.59. The molecule has 0 spiro atoms. The summed E-state index contributed by atoms with van der Waals surface area (Å²) < 4.78 is 20.3. The highest BCUT2D eigenvalue weighted by molar-refractivity contribution is 7.17. The van der Waals surface area contributed by atoms with Crippen LogP contribution in [0.25, 0.3) is 10.1 Å². The summed E-state index contributed by atoms with van der Waals surface area (Å²) in [6, 6.07) is 11.2. The van der Waals surface area contributed by atoms with Gasteiger partial charge in [-0.1, -0.05) is 38.3 Å². The Labute approximate surface area is 234 Å². The first-order valence-corrected chi connectivity index (χ1v) is 15.0. The number of hydrogen-bond acceptors (Lipinski definition) is 6. The number of carbonyl (C=O) groups excluding carboxylic acids is 2. The maximum Gasteiger partial charge on any atom is 0.328 e. The monoisotopic (exact) mass is 551 g/mol. The second kappa shape index (κ2) is 12.5. The van der Waals surface area contributed by atoms with Gasteiger partial charge in [0.1, 0.15) is 11.9 Å². The third-order valence-corrected chi connectivity index (χ3v) is 8.96. The van der Waals surface area contributed by atoms with Crippen LogP contribution in [0.2, 0.25) is 0 Å². The number of esters is 1. The summed E-state index contributed by atoms with van der Waals surface area (Å²) >= 11 is 1.58. The number of unbranched alkanes of at least 4 members (excludes halogenated alkanes) is 2. The van der Waals surface area contributed by atoms with E-state index in [2.05, 4.69) is 41.0 Å². The van der Waals surface area contributed by atoms with Gasteiger partial charge in [-0.3, -0.25) is 14.6 Å². The maximum atomic E-state index is 14.2. The molecule has 5 rings (SSSR count). The molecule has 2 aliphatic rings. The van der Waals surface area contributed by atoms with E-state index in [-0.39, 0.29) is 17.7 Å². The highest BCUT2D eigenvalue weighted by Crippen LogP contribution is 2.34. The van der Waals surface area contributed by atoms with Crippen molar-refractivity contribution in [3.05, 3.63) is 58.7 Å². The molecular weight excluding hydrogens is 513 g/mol. The van der Waals surface area contributed by atoms with Crippen molar-refractivity contribution in [2.45, 2.75) is 57.9 Å². The van der Waals surface area contributed by atoms with Gasteiger partial charge in [-0.2, -0.15) is 0 Å². The van der Waals surface area contributed by atoms with E-state index in [4.69, 9.17) is 4.74 Å². The predicted molar refractivity (Wildman–Crippen MR) is 156 cm³/mol. The molecule has 0 aliphatic carbocycles. The van der Waals surface area contributed by atoms with Crippen molar-refractivity contribution < 1.29 is 18.7 Å². The molecule has 1 fully saturated rings. The van der Waals surface area contributed by atoms with Crippen molar-refractivity contribution in [3.8, 4) is 0 Å². The largest absolute Gasteiger partial charge is 0.467 e. The van der Waals surface area contributed by atoms with Crippen molar-refractivity contribution in [3.63, 3.8) is 0 Å². The molecular formula is C31H38FN3O3S. The highest BCUT2D eigenvalue weighted by Gasteiger charge is 2.35. The summed E-state index contributed by atoms with van der Waals surface area (Å²) in [5.74, 6) is -0.518. The minimum Gasteiger partial charge on any atom is -0.467 e. The number of fused-ring (bicyclic) bond motifs is 2. The fraction of sp³-hybridized carbons (Fsp3) is 0.484. The van der Waals surface area contributed by atoms with Crippen LogP contribution < -0.4 is 9.80 Å². The number of anilines is 2. The van der Waals surface area contributed by atoms with Crippen molar-refractivity contribution in [1.29, 1.82) is 0 Å². The molecule has 1 atom stereocenters. The van der Waals surface area contributed by atoms with Crippen molar-refractivity contribution in [1.82, 2.24) is 4.90 Å². The van der Waals surface area contributed by atoms with Crippen molar-refractivity contribution >= 4 is 44.7 Å². The number of piperazine rings is 1. The van der Waals surface area contributed by atoms with Crippen LogP contribution in [-0.4, -0.2) is 62.7 Å². The average molecular weight is 552 g/mol. The molecule has 1 unspecified atom stereocenters. The first kappa shape index (κ1) is 27.6. The van der Waals surface area contributed by atoms with Gasteiger partial charge in [0.2, 0.25) is 5.91 Å². The summed E-state index contributed by atoms with van der Waals surface area (Å²) in [4.78, 5) is 32.3. The van der Waals surface area contributed by atoms with Gasteiger partial charge in [0.25, 0.3) is 0 Å². The topological polar surface area (TPSA) is 53.1 Å². The third kappa shape index (κ3) is 6.12. The Morgan fingerprint density at radius 3 is 2.64 bits per heavy atom. The van der Waals surface area contributed by atoms with Crippen LogP contribution in [0.1, 0.15) is 50.2 Å². The molecule has 2 aliphatic heterocycles. The van der Waals surface area contributed by atoms with E-state index < -0.39 is 6.04 Å². The quantitative estimate of drug-likeness (QED) is 0.235. The van der Waals surface area contributed by atoms with Crippen LogP contribution in [0.4, 0.5) is 15.8 Å². The lowest BCUT2D eigenvalue weighted by atomic mass is 9.95. The Balaban J connectivity index is 1.24. The molecule has 1 amide bonds. The first-order valence-electron chi connectivity index (χ1n) is 14.1. The number of hydrogen-bond donors (Lipinski definition) is 0. The molecule has 208 valence electrons. The van der Waals surface area contributed by atoms with Crippen molar-refractivity contribution in [2.75, 3.05) is 49.6 Å². The molecule has 2 aromatic carbocycles. The van der Waals surface area contributed by atoms with Crippen LogP contribution in [-0.2, 0) is 27.2 Å². The number of aryl methyl sites for hydroxylation is 1. The fourth-order valence-corrected chi connectivity index (χ4v) is 6.73. The molecule has 0 radical (unpaired) electrons. The van der Waals surface area contributed by atoms with Crippen LogP contribution in [0.3, 0.4) is 0 Å². The Bertz CT molecular complexity index is 1320. The zero-order valence-electron chi connectivity index (χ0n) is 23.0. The van der Waals surface area contributed by atoms with Gasteiger partial charge in [0, 0.05) is 60.6 Å². The van der Waals surface area contributed by atoms with E-state index in [1.54, 1.807) is 28.4 Å². The molecule has 1 aromatic heterocycles. The van der Waals surface area contributed by atoms with Gasteiger partial charge in [-0.05, 0) is 60.0 Å². The van der Waals surface area contributed by atoms with Gasteiger partial charge in [0.15, 0.2) is 0 Å². The molecule has 3 aromatic rings. The minimum absolute atomic E-state index is 0.000232. The molecule has 0 saturated carbocycles. The van der Waals surface area contributed by atoms with Gasteiger partial charge >= 0.3 is 5.97 Å². The minimum atomic E-state index is -0.575. The highest BCUT2D eigenvalue weighted by atomic mass is 32.1. The first-order chi connectivity index (χ1) is 19.0. The Hall–Kier alpha value is -2.97. The Morgan fingerprint density at radius 2 is 1.87 bits per heavy atom. The van der Waals surface area contributed by atoms with Crippen LogP contribution >= 0.6 is 11.3 Å². The average Bonchev–Trinajstić information content (AvgIpc) is 3.42. The van der Waals surface area contributed by atoms with E-state index in [0.717, 1.165) is 91.0 Å². The molecule has 39 heavy (non-hydrogen) atoms. The molecule has 1 saturated heterocycles. The zero-order valence-corrected chi connectivity index (χ0v) is 23.8. The number of ether oxygens (including phenoxy) is 1. The lowest BCUT2D eigenvalue weighted by Gasteiger charge is -2.37. The number of carbonyl (C=O) groups is 2. The number of methoxy groups -OCH3 is 1. The van der Waals surface area contributed by atoms with Gasteiger partial charge in [0.05, 0.1) is 7.11 Å². The van der Waals surface area contributed by atoms with Gasteiger partial charge in [-0.25, -0.2) is 9.18 Å². The van der Waals surface area contributed by atoms with Gasteiger partial charge in [-0.15, -0.1) is 11.3 Å². The Morgan fingerprint density at radius 1 is 1.05 bits per heavy atom. The molecule has 8 heteroatoms. The number of halogens is 1. The molecule has 3 heterocycles. The summed E-state index contributed by atoms with van der Waals surface area (Å²) in [6.07, 6.45) is 5.55. The Kier molecular flexibility index (Phi) is 8.82. The van der Waals surface area contributed by atoms with Crippen LogP contribution in [0.5, 0.6) is 0 Å². The molecule has 6 nitrogen and oxygen atoms in total. The number of nitrogens with zero attached hydrogens (tertiary/aromatic N) is 3. The standard InChI is InChI=1S/C31H38FN3O3S/c1-3-4-5-6-26(31(37)38-2)35-27-19-22(7-8-23(27)9-10-30(35)36)11-13-33-14-16-34(17-15-33)28-20-24(32)21-29-25(28)12-18-39-29/h7-8,12,18-21,26H,3-6,9-11,13-17H2,1-2H3. The summed E-state index contributed by atoms with van der Waals surface area (Å²) in [7, 11) is 1.40. The zero-order chi connectivity index (χ0) is 27.4. The second-order valence-corrected chi connectivity index (χ2v) is 11.5. The van der Waals surface area contributed by atoms with Crippen LogP contribution in [0.15, 0.2) is 41.8 Å². The molecule has 0 bridgehead atoms. The number of benzene rings is 2. The smallest absolute Gasteiger partial charge is 0.328 e. The summed E-state index contributed by atoms with van der Waals surface area (Å²) in [5.41, 5.74) is 4.14. The van der Waals surface area contributed by atoms with E-state index >= 15 is 0 Å². The number of amides is 1. The van der Waals surface area contributed by atoms with E-state index in [1.807, 2.05) is 5.38 Å². The predicted octanol–water partition coefficient (Wildman–Crippen LogP) is 5.81.